The number of aryl methyl sites for hydroxylation is 2. The quantitative estimate of drug-likeness (QED) is 0.372. The second kappa shape index (κ2) is 8.18. The van der Waals surface area contributed by atoms with Crippen LogP contribution >= 0.6 is 0 Å². The Bertz CT molecular complexity index is 1460. The summed E-state index contributed by atoms with van der Waals surface area (Å²) < 4.78 is 4.12. The lowest BCUT2D eigenvalue weighted by Crippen LogP contribution is -2.37. The van der Waals surface area contributed by atoms with E-state index in [1.54, 1.807) is 42.8 Å². The minimum Gasteiger partial charge on any atom is -0.507 e. The van der Waals surface area contributed by atoms with Crippen LogP contribution in [0.25, 0.3) is 11.2 Å². The lowest BCUT2D eigenvalue weighted by molar-refractivity contribution is 0.474. The average Bonchev–Trinajstić information content (AvgIpc) is 3.14. The average molecular weight is 432 g/mol. The zero-order valence-electron chi connectivity index (χ0n) is 18.3. The smallest absolute Gasteiger partial charge is 0.332 e. The van der Waals surface area contributed by atoms with Gasteiger partial charge in [-0.1, -0.05) is 42.0 Å². The number of aromatic nitrogens is 4. The molecule has 9 heteroatoms. The minimum absolute atomic E-state index is 0.111. The number of phenols is 1. The number of rotatable bonds is 5. The molecule has 0 fully saturated rings. The van der Waals surface area contributed by atoms with Crippen molar-refractivity contribution < 1.29 is 5.11 Å². The highest BCUT2D eigenvalue weighted by Crippen LogP contribution is 2.20. The standard InChI is InChI=1S/C23H24N6O3/c1-14-9-11-16(12-10-14)13-29-19-20(27(3)23(32)28(4)21(19)31)24-22(29)26-25-15(2)17-7-5-6-8-18(17)30/h5-12,30H,13H2,1-4H3,(H,24,26)/b25-15-. The SMILES string of the molecule is C/C(=N/Nc1nc2c(c(=O)n(C)c(=O)n2C)n1Cc1ccc(C)cc1)c1ccccc1O. The number of hydrogen-bond acceptors (Lipinski definition) is 6. The van der Waals surface area contributed by atoms with Gasteiger partial charge < -0.3 is 5.11 Å². The van der Waals surface area contributed by atoms with Crippen molar-refractivity contribution in [1.82, 2.24) is 18.7 Å². The number of anilines is 1. The highest BCUT2D eigenvalue weighted by molar-refractivity contribution is 6.01. The van der Waals surface area contributed by atoms with Gasteiger partial charge in [-0.05, 0) is 31.5 Å². The molecule has 0 saturated carbocycles. The maximum Gasteiger partial charge on any atom is 0.332 e. The Labute approximate surface area is 183 Å². The molecule has 2 aromatic carbocycles. The van der Waals surface area contributed by atoms with Crippen LogP contribution in [0.1, 0.15) is 23.6 Å². The van der Waals surface area contributed by atoms with Crippen LogP contribution in [0.4, 0.5) is 5.95 Å². The third kappa shape index (κ3) is 3.68. The Morgan fingerprint density at radius 2 is 1.75 bits per heavy atom. The highest BCUT2D eigenvalue weighted by Gasteiger charge is 2.19. The van der Waals surface area contributed by atoms with Crippen molar-refractivity contribution >= 4 is 22.8 Å². The van der Waals surface area contributed by atoms with Crippen molar-refractivity contribution in [2.75, 3.05) is 5.43 Å². The summed E-state index contributed by atoms with van der Waals surface area (Å²) in [6.07, 6.45) is 0. The molecule has 164 valence electrons. The van der Waals surface area contributed by atoms with Crippen LogP contribution in [0.2, 0.25) is 0 Å². The zero-order valence-corrected chi connectivity index (χ0v) is 18.3. The van der Waals surface area contributed by atoms with Gasteiger partial charge in [0.2, 0.25) is 5.95 Å². The van der Waals surface area contributed by atoms with Crippen LogP contribution in [0.5, 0.6) is 5.75 Å². The summed E-state index contributed by atoms with van der Waals surface area (Å²) >= 11 is 0. The van der Waals surface area contributed by atoms with E-state index >= 15 is 0 Å². The highest BCUT2D eigenvalue weighted by atomic mass is 16.3. The van der Waals surface area contributed by atoms with Crippen molar-refractivity contribution in [1.29, 1.82) is 0 Å². The number of para-hydroxylation sites is 1. The maximum atomic E-state index is 13.0. The summed E-state index contributed by atoms with van der Waals surface area (Å²) in [5, 5.41) is 14.5. The summed E-state index contributed by atoms with van der Waals surface area (Å²) in [6, 6.07) is 14.8. The summed E-state index contributed by atoms with van der Waals surface area (Å²) in [5.41, 5.74) is 5.81. The van der Waals surface area contributed by atoms with E-state index in [9.17, 15) is 14.7 Å². The predicted molar refractivity (Wildman–Crippen MR) is 124 cm³/mol. The molecule has 2 heterocycles. The summed E-state index contributed by atoms with van der Waals surface area (Å²) in [7, 11) is 3.02. The van der Waals surface area contributed by atoms with E-state index in [4.69, 9.17) is 0 Å². The molecule has 9 nitrogen and oxygen atoms in total. The van der Waals surface area contributed by atoms with Crippen LogP contribution in [0, 0.1) is 6.92 Å². The zero-order chi connectivity index (χ0) is 23.0. The van der Waals surface area contributed by atoms with Crippen molar-refractivity contribution in [2.45, 2.75) is 20.4 Å². The molecular formula is C23H24N6O3. The molecule has 0 saturated heterocycles. The summed E-state index contributed by atoms with van der Waals surface area (Å²) in [4.78, 5) is 29.9. The molecule has 0 radical (unpaired) electrons. The fourth-order valence-electron chi connectivity index (χ4n) is 3.54. The monoisotopic (exact) mass is 432 g/mol. The van der Waals surface area contributed by atoms with Crippen LogP contribution < -0.4 is 16.7 Å². The molecular weight excluding hydrogens is 408 g/mol. The van der Waals surface area contributed by atoms with Crippen molar-refractivity contribution in [3.8, 4) is 5.75 Å². The second-order valence-electron chi connectivity index (χ2n) is 7.71. The van der Waals surface area contributed by atoms with Gasteiger partial charge in [0.15, 0.2) is 11.2 Å². The predicted octanol–water partition coefficient (Wildman–Crippen LogP) is 2.33. The van der Waals surface area contributed by atoms with E-state index in [0.29, 0.717) is 29.3 Å². The second-order valence-corrected chi connectivity index (χ2v) is 7.71. The molecule has 0 unspecified atom stereocenters. The van der Waals surface area contributed by atoms with Gasteiger partial charge in [0, 0.05) is 19.7 Å². The van der Waals surface area contributed by atoms with Crippen LogP contribution in [0.3, 0.4) is 0 Å². The molecule has 4 rings (SSSR count). The number of aromatic hydroxyl groups is 1. The first-order valence-electron chi connectivity index (χ1n) is 10.1. The van der Waals surface area contributed by atoms with Gasteiger partial charge >= 0.3 is 5.69 Å². The lowest BCUT2D eigenvalue weighted by atomic mass is 10.1. The van der Waals surface area contributed by atoms with Gasteiger partial charge in [0.1, 0.15) is 5.75 Å². The number of fused-ring (bicyclic) bond motifs is 1. The number of hydrazone groups is 1. The third-order valence-corrected chi connectivity index (χ3v) is 5.43. The molecule has 4 aromatic rings. The molecule has 0 atom stereocenters. The van der Waals surface area contributed by atoms with Gasteiger partial charge in [0.05, 0.1) is 12.3 Å². The Morgan fingerprint density at radius 1 is 1.06 bits per heavy atom. The van der Waals surface area contributed by atoms with E-state index in [1.807, 2.05) is 31.2 Å². The molecule has 2 N–H and O–H groups in total. The molecule has 0 aliphatic carbocycles. The minimum atomic E-state index is -0.456. The first kappa shape index (κ1) is 21.1. The largest absolute Gasteiger partial charge is 0.507 e. The fourth-order valence-corrected chi connectivity index (χ4v) is 3.54. The summed E-state index contributed by atoms with van der Waals surface area (Å²) in [6.45, 7) is 4.12. The molecule has 0 aliphatic heterocycles. The Balaban J connectivity index is 1.86. The summed E-state index contributed by atoms with van der Waals surface area (Å²) in [5.74, 6) is 0.425. The van der Waals surface area contributed by atoms with Gasteiger partial charge in [-0.25, -0.2) is 10.2 Å². The number of benzene rings is 2. The third-order valence-electron chi connectivity index (χ3n) is 5.43. The maximum absolute atomic E-state index is 13.0. The first-order chi connectivity index (χ1) is 15.3. The Hall–Kier alpha value is -4.14. The van der Waals surface area contributed by atoms with Crippen LogP contribution in [0.15, 0.2) is 63.2 Å². The lowest BCUT2D eigenvalue weighted by Gasteiger charge is -2.10. The van der Waals surface area contributed by atoms with Gasteiger partial charge in [-0.2, -0.15) is 10.1 Å². The van der Waals surface area contributed by atoms with E-state index in [-0.39, 0.29) is 11.4 Å². The van der Waals surface area contributed by atoms with Crippen LogP contribution in [-0.2, 0) is 20.6 Å². The van der Waals surface area contributed by atoms with Crippen molar-refractivity contribution in [2.24, 2.45) is 19.2 Å². The Morgan fingerprint density at radius 3 is 2.44 bits per heavy atom. The number of imidazole rings is 1. The molecule has 32 heavy (non-hydrogen) atoms. The number of phenolic OH excluding ortho intramolecular Hbond substituents is 1. The fraction of sp³-hybridized carbons (Fsp3) is 0.217. The van der Waals surface area contributed by atoms with E-state index in [1.165, 1.54) is 11.6 Å². The van der Waals surface area contributed by atoms with E-state index < -0.39 is 11.2 Å². The number of nitrogens with one attached hydrogen (secondary N) is 1. The normalized spacial score (nSPS) is 11.8. The van der Waals surface area contributed by atoms with Gasteiger partial charge in [-0.3, -0.25) is 18.5 Å². The van der Waals surface area contributed by atoms with Gasteiger partial charge in [0.25, 0.3) is 5.56 Å². The first-order valence-corrected chi connectivity index (χ1v) is 10.1. The molecule has 2 aromatic heterocycles. The topological polar surface area (TPSA) is 106 Å². The van der Waals surface area contributed by atoms with E-state index in [0.717, 1.165) is 15.7 Å². The number of nitrogens with zero attached hydrogens (tertiary/aromatic N) is 5. The Kier molecular flexibility index (Phi) is 5.40. The molecule has 0 bridgehead atoms. The molecule has 0 aliphatic rings. The molecule has 0 spiro atoms. The molecule has 0 amide bonds. The van der Waals surface area contributed by atoms with Crippen molar-refractivity contribution in [3.63, 3.8) is 0 Å². The van der Waals surface area contributed by atoms with E-state index in [2.05, 4.69) is 15.5 Å². The van der Waals surface area contributed by atoms with Crippen LogP contribution in [-0.4, -0.2) is 29.5 Å². The van der Waals surface area contributed by atoms with Crippen molar-refractivity contribution in [3.05, 3.63) is 86.1 Å². The van der Waals surface area contributed by atoms with Gasteiger partial charge in [-0.15, -0.1) is 0 Å². The number of hydrogen-bond donors (Lipinski definition) is 2.